The van der Waals surface area contributed by atoms with E-state index in [4.69, 9.17) is 29.2 Å². The number of ether oxygens (including phenoxy) is 3. The van der Waals surface area contributed by atoms with E-state index in [1.54, 1.807) is 6.07 Å². The van der Waals surface area contributed by atoms with Gasteiger partial charge >= 0.3 is 18.0 Å². The number of nitrogens with zero attached hydrogens (tertiary/aromatic N) is 2. The van der Waals surface area contributed by atoms with Gasteiger partial charge in [-0.1, -0.05) is 5.16 Å². The highest BCUT2D eigenvalue weighted by atomic mass is 32.2. The molecule has 15 heteroatoms. The molecule has 3 atom stereocenters. The molecule has 1 aromatic rings. The number of β-lactam (4-membered cyclic amide) rings is 1. The number of oxime groups is 1. The number of primary amides is 1. The molecule has 0 saturated carbocycles. The molecule has 1 aromatic heterocycles. The van der Waals surface area contributed by atoms with E-state index in [0.29, 0.717) is 0 Å². The number of hydrogen-bond donors (Lipinski definition) is 2. The Balaban J connectivity index is 1.80. The number of nitrogens with two attached hydrogens (primary N) is 1. The second-order valence-electron chi connectivity index (χ2n) is 7.10. The Morgan fingerprint density at radius 2 is 2.09 bits per heavy atom. The van der Waals surface area contributed by atoms with E-state index in [0.717, 1.165) is 11.8 Å². The van der Waals surface area contributed by atoms with Crippen molar-refractivity contribution in [3.63, 3.8) is 0 Å². The van der Waals surface area contributed by atoms with Crippen LogP contribution in [0.4, 0.5) is 4.79 Å². The average Bonchev–Trinajstić information content (AvgIpc) is 3.32. The lowest BCUT2D eigenvalue weighted by atomic mass is 10.0. The Kier molecular flexibility index (Phi) is 8.01. The molecule has 3 rings (SSSR count). The summed E-state index contributed by atoms with van der Waals surface area (Å²) >= 11 is 1.21. The molecular formula is C20H22N4O10S. The Bertz CT molecular complexity index is 1080. The van der Waals surface area contributed by atoms with Crippen LogP contribution < -0.4 is 11.1 Å². The SMILES string of the molecule is CO/N=C(\C(=O)N[C@@H]1C(=O)N2C(C(=O)OC(C)OC(C)=O)=C(COC(N)=O)CS[C@H]12)c1ccco1. The third-order valence-electron chi connectivity index (χ3n) is 4.67. The highest BCUT2D eigenvalue weighted by Crippen LogP contribution is 2.41. The van der Waals surface area contributed by atoms with Gasteiger partial charge in [0.25, 0.3) is 11.8 Å². The molecule has 188 valence electrons. The summed E-state index contributed by atoms with van der Waals surface area (Å²) in [5.41, 5.74) is 4.89. The Morgan fingerprint density at radius 3 is 2.69 bits per heavy atom. The van der Waals surface area contributed by atoms with Crippen LogP contribution in [0.5, 0.6) is 0 Å². The van der Waals surface area contributed by atoms with Gasteiger partial charge in [0.2, 0.25) is 12.0 Å². The summed E-state index contributed by atoms with van der Waals surface area (Å²) < 4.78 is 19.9. The van der Waals surface area contributed by atoms with E-state index >= 15 is 0 Å². The van der Waals surface area contributed by atoms with Crippen molar-refractivity contribution in [2.45, 2.75) is 31.6 Å². The molecular weight excluding hydrogens is 488 g/mol. The van der Waals surface area contributed by atoms with Gasteiger partial charge in [0.15, 0.2) is 5.76 Å². The van der Waals surface area contributed by atoms with Gasteiger partial charge < -0.3 is 34.5 Å². The number of amides is 3. The van der Waals surface area contributed by atoms with Gasteiger partial charge in [0, 0.05) is 25.2 Å². The number of carbonyl (C=O) groups excluding carboxylic acids is 5. The molecule has 2 aliphatic rings. The maximum absolute atomic E-state index is 13.0. The molecule has 3 heterocycles. The summed E-state index contributed by atoms with van der Waals surface area (Å²) in [4.78, 5) is 66.7. The minimum Gasteiger partial charge on any atom is -0.462 e. The normalized spacial score (nSPS) is 20.3. The van der Waals surface area contributed by atoms with E-state index in [9.17, 15) is 24.0 Å². The topological polar surface area (TPSA) is 189 Å². The van der Waals surface area contributed by atoms with Crippen molar-refractivity contribution in [3.8, 4) is 0 Å². The van der Waals surface area contributed by atoms with Crippen LogP contribution in [0.2, 0.25) is 0 Å². The average molecular weight is 510 g/mol. The summed E-state index contributed by atoms with van der Waals surface area (Å²) in [7, 11) is 1.25. The minimum atomic E-state index is -1.24. The van der Waals surface area contributed by atoms with Crippen LogP contribution in [-0.4, -0.2) is 77.6 Å². The minimum absolute atomic E-state index is 0.124. The number of thioether (sulfide) groups is 1. The Labute approximate surface area is 202 Å². The van der Waals surface area contributed by atoms with Crippen molar-refractivity contribution in [3.05, 3.63) is 35.4 Å². The van der Waals surface area contributed by atoms with Gasteiger partial charge in [-0.2, -0.15) is 0 Å². The fourth-order valence-corrected chi connectivity index (χ4v) is 4.65. The predicted octanol–water partition coefficient (Wildman–Crippen LogP) is -0.168. The molecule has 14 nitrogen and oxygen atoms in total. The van der Waals surface area contributed by atoms with Crippen LogP contribution in [-0.2, 0) is 38.2 Å². The zero-order valence-corrected chi connectivity index (χ0v) is 19.7. The molecule has 0 aromatic carbocycles. The number of fused-ring (bicyclic) bond motifs is 1. The van der Waals surface area contributed by atoms with E-state index in [-0.39, 0.29) is 35.1 Å². The van der Waals surface area contributed by atoms with E-state index in [1.807, 2.05) is 0 Å². The largest absolute Gasteiger partial charge is 0.462 e. The highest BCUT2D eigenvalue weighted by Gasteiger charge is 2.55. The predicted molar refractivity (Wildman–Crippen MR) is 117 cm³/mol. The molecule has 35 heavy (non-hydrogen) atoms. The molecule has 0 radical (unpaired) electrons. The lowest BCUT2D eigenvalue weighted by molar-refractivity contribution is -0.182. The zero-order valence-electron chi connectivity index (χ0n) is 18.8. The van der Waals surface area contributed by atoms with Gasteiger partial charge in [0.05, 0.1) is 6.26 Å². The van der Waals surface area contributed by atoms with E-state index in [1.165, 1.54) is 38.1 Å². The smallest absolute Gasteiger partial charge is 0.404 e. The first kappa shape index (κ1) is 25.6. The Hall–Kier alpha value is -4.01. The van der Waals surface area contributed by atoms with Gasteiger partial charge in [-0.3, -0.25) is 19.3 Å². The third kappa shape index (κ3) is 5.74. The van der Waals surface area contributed by atoms with Crippen molar-refractivity contribution in [1.82, 2.24) is 10.2 Å². The summed E-state index contributed by atoms with van der Waals surface area (Å²) in [6.07, 6.45) is -0.976. The van der Waals surface area contributed by atoms with Crippen molar-refractivity contribution < 1.29 is 47.4 Å². The number of hydrogen-bond acceptors (Lipinski definition) is 12. The van der Waals surface area contributed by atoms with Crippen LogP contribution in [0.15, 0.2) is 39.2 Å². The maximum atomic E-state index is 13.0. The summed E-state index contributed by atoms with van der Waals surface area (Å²) in [6, 6.07) is 2.03. The highest BCUT2D eigenvalue weighted by molar-refractivity contribution is 8.00. The number of nitrogens with one attached hydrogen (secondary N) is 1. The molecule has 2 aliphatic heterocycles. The maximum Gasteiger partial charge on any atom is 0.404 e. The molecule has 1 unspecified atom stereocenters. The van der Waals surface area contributed by atoms with Crippen molar-refractivity contribution >= 4 is 47.3 Å². The first-order valence-electron chi connectivity index (χ1n) is 10.1. The number of rotatable bonds is 9. The lowest BCUT2D eigenvalue weighted by Gasteiger charge is -2.49. The molecule has 0 spiro atoms. The van der Waals surface area contributed by atoms with Crippen LogP contribution in [0.3, 0.4) is 0 Å². The van der Waals surface area contributed by atoms with Crippen LogP contribution >= 0.6 is 11.8 Å². The summed E-state index contributed by atoms with van der Waals surface area (Å²) in [6.45, 7) is 2.09. The van der Waals surface area contributed by atoms with Gasteiger partial charge in [-0.15, -0.1) is 11.8 Å². The molecule has 1 saturated heterocycles. The fraction of sp³-hybridized carbons (Fsp3) is 0.400. The van der Waals surface area contributed by atoms with Gasteiger partial charge in [-0.05, 0) is 12.1 Å². The van der Waals surface area contributed by atoms with E-state index < -0.39 is 47.6 Å². The monoisotopic (exact) mass is 510 g/mol. The summed E-state index contributed by atoms with van der Waals surface area (Å²) in [5.74, 6) is -2.75. The van der Waals surface area contributed by atoms with Crippen LogP contribution in [0.1, 0.15) is 19.6 Å². The lowest BCUT2D eigenvalue weighted by Crippen LogP contribution is -2.71. The van der Waals surface area contributed by atoms with Crippen molar-refractivity contribution in [1.29, 1.82) is 0 Å². The number of esters is 2. The van der Waals surface area contributed by atoms with Crippen molar-refractivity contribution in [2.24, 2.45) is 10.9 Å². The second kappa shape index (κ2) is 10.9. The third-order valence-corrected chi connectivity index (χ3v) is 6.01. The quantitative estimate of drug-likeness (QED) is 0.147. The fourth-order valence-electron chi connectivity index (χ4n) is 3.32. The molecule has 1 fully saturated rings. The van der Waals surface area contributed by atoms with Gasteiger partial charge in [0.1, 0.15) is 30.8 Å². The standard InChI is InChI=1S/C20H22N4O10S/c1-9(25)33-10(2)34-19(28)15-11(7-32-20(21)29)8-35-18-14(17(27)24(15)18)22-16(26)13(23-30-3)12-5-4-6-31-12/h4-6,10,14,18H,7-8H2,1-3H3,(H2,21,29)(H,22,26)/b23-13-/t10?,14-,18-/m1/s1. The summed E-state index contributed by atoms with van der Waals surface area (Å²) in [5, 5.41) is 5.53. The van der Waals surface area contributed by atoms with Crippen LogP contribution in [0.25, 0.3) is 0 Å². The first-order chi connectivity index (χ1) is 16.6. The first-order valence-corrected chi connectivity index (χ1v) is 11.1. The zero-order chi connectivity index (χ0) is 25.7. The number of carbonyl (C=O) groups is 5. The van der Waals surface area contributed by atoms with E-state index in [2.05, 4.69) is 10.5 Å². The second-order valence-corrected chi connectivity index (χ2v) is 8.21. The Morgan fingerprint density at radius 1 is 1.34 bits per heavy atom. The van der Waals surface area contributed by atoms with Crippen molar-refractivity contribution in [2.75, 3.05) is 19.5 Å². The molecule has 3 N–H and O–H groups in total. The van der Waals surface area contributed by atoms with Crippen LogP contribution in [0, 0.1) is 0 Å². The molecule has 3 amide bonds. The van der Waals surface area contributed by atoms with Gasteiger partial charge in [-0.25, -0.2) is 9.59 Å². The molecule has 0 bridgehead atoms. The molecule has 0 aliphatic carbocycles. The number of furan rings is 1.